The van der Waals surface area contributed by atoms with Crippen LogP contribution in [0.1, 0.15) is 41.4 Å². The van der Waals surface area contributed by atoms with Crippen LogP contribution in [0.5, 0.6) is 0 Å². The summed E-state index contributed by atoms with van der Waals surface area (Å²) in [5.74, 6) is 1.84. The van der Waals surface area contributed by atoms with Crippen molar-refractivity contribution in [2.75, 3.05) is 38.6 Å². The Morgan fingerprint density at radius 3 is 2.62 bits per heavy atom. The molecule has 1 aromatic carbocycles. The highest BCUT2D eigenvalue weighted by molar-refractivity contribution is 7.86. The molecule has 4 rings (SSSR count). The third-order valence-electron chi connectivity index (χ3n) is 5.88. The fraction of sp³-hybridized carbons (Fsp3) is 0.524. The maximum absolute atomic E-state index is 12.5. The fourth-order valence-corrected chi connectivity index (χ4v) is 5.40. The molecule has 0 unspecified atom stereocenters. The summed E-state index contributed by atoms with van der Waals surface area (Å²) >= 11 is 0. The molecule has 0 amide bonds. The average Bonchev–Trinajstić information content (AvgIpc) is 3.20. The van der Waals surface area contributed by atoms with Crippen LogP contribution in [0.3, 0.4) is 0 Å². The highest BCUT2D eigenvalue weighted by Gasteiger charge is 2.35. The predicted octanol–water partition coefficient (Wildman–Crippen LogP) is 2.33. The second kappa shape index (κ2) is 8.01. The first-order valence-electron chi connectivity index (χ1n) is 10.2. The van der Waals surface area contributed by atoms with Crippen molar-refractivity contribution in [3.05, 3.63) is 53.0 Å². The van der Waals surface area contributed by atoms with Gasteiger partial charge in [-0.15, -0.1) is 0 Å². The Hall–Kier alpha value is -2.03. The minimum Gasteiger partial charge on any atom is -0.352 e. The number of hydrogen-bond acceptors (Lipinski definition) is 5. The molecule has 29 heavy (non-hydrogen) atoms. The number of benzene rings is 1. The summed E-state index contributed by atoms with van der Waals surface area (Å²) < 4.78 is 27.7. The minimum absolute atomic E-state index is 0.0363. The zero-order valence-electron chi connectivity index (χ0n) is 17.4. The highest BCUT2D eigenvalue weighted by Crippen LogP contribution is 2.33. The number of rotatable bonds is 5. The molecule has 156 valence electrons. The number of fused-ring (bicyclic) bond motifs is 1. The number of anilines is 1. The van der Waals surface area contributed by atoms with Crippen LogP contribution < -0.4 is 4.90 Å². The lowest BCUT2D eigenvalue weighted by Gasteiger charge is -2.31. The SMILES string of the molecule is Cc1nc([C@@H]2CCN(S(=O)(=O)N(C)C)C2)nc2c1CCCN2Cc1ccccc1. The van der Waals surface area contributed by atoms with Crippen LogP contribution in [0, 0.1) is 6.92 Å². The number of aromatic nitrogens is 2. The molecule has 0 saturated carbocycles. The van der Waals surface area contributed by atoms with Gasteiger partial charge in [0.15, 0.2) is 0 Å². The number of aryl methyl sites for hydroxylation is 1. The summed E-state index contributed by atoms with van der Waals surface area (Å²) in [4.78, 5) is 12.1. The molecule has 7 nitrogen and oxygen atoms in total. The van der Waals surface area contributed by atoms with Crippen LogP contribution in [-0.2, 0) is 23.2 Å². The number of hydrogen-bond donors (Lipinski definition) is 0. The Morgan fingerprint density at radius 1 is 1.14 bits per heavy atom. The summed E-state index contributed by atoms with van der Waals surface area (Å²) in [5, 5.41) is 0. The van der Waals surface area contributed by atoms with Gasteiger partial charge < -0.3 is 4.90 Å². The Morgan fingerprint density at radius 2 is 1.90 bits per heavy atom. The summed E-state index contributed by atoms with van der Waals surface area (Å²) in [6.07, 6.45) is 2.85. The molecule has 0 radical (unpaired) electrons. The molecule has 2 aliphatic rings. The molecule has 0 bridgehead atoms. The Kier molecular flexibility index (Phi) is 5.59. The molecule has 1 atom stereocenters. The third-order valence-corrected chi connectivity index (χ3v) is 7.79. The van der Waals surface area contributed by atoms with Gasteiger partial charge in [0.25, 0.3) is 10.2 Å². The molecule has 2 aromatic rings. The zero-order chi connectivity index (χ0) is 20.6. The van der Waals surface area contributed by atoms with Crippen molar-refractivity contribution in [3.63, 3.8) is 0 Å². The summed E-state index contributed by atoms with van der Waals surface area (Å²) in [5.41, 5.74) is 3.52. The van der Waals surface area contributed by atoms with Gasteiger partial charge in [-0.1, -0.05) is 30.3 Å². The molecule has 0 spiro atoms. The van der Waals surface area contributed by atoms with E-state index in [2.05, 4.69) is 36.1 Å². The lowest BCUT2D eigenvalue weighted by atomic mass is 10.0. The molecule has 1 aromatic heterocycles. The van der Waals surface area contributed by atoms with Crippen molar-refractivity contribution in [1.82, 2.24) is 18.6 Å². The zero-order valence-corrected chi connectivity index (χ0v) is 18.2. The van der Waals surface area contributed by atoms with Gasteiger partial charge in [0.2, 0.25) is 0 Å². The fourth-order valence-electron chi connectivity index (χ4n) is 4.23. The standard InChI is InChI=1S/C21H29N5O2S/c1-16-19-10-7-12-25(14-17-8-5-4-6-9-17)21(19)23-20(22-16)18-11-13-26(15-18)29(27,28)24(2)3/h4-6,8-9,18H,7,10-15H2,1-3H3/t18-/m1/s1. The molecule has 0 N–H and O–H groups in total. The summed E-state index contributed by atoms with van der Waals surface area (Å²) in [6.45, 7) is 4.81. The van der Waals surface area contributed by atoms with Gasteiger partial charge in [-0.25, -0.2) is 9.97 Å². The van der Waals surface area contributed by atoms with Crippen molar-refractivity contribution in [2.24, 2.45) is 0 Å². The van der Waals surface area contributed by atoms with Gasteiger partial charge in [0, 0.05) is 57.4 Å². The Labute approximate surface area is 173 Å². The summed E-state index contributed by atoms with van der Waals surface area (Å²) in [7, 11) is -0.250. The first kappa shape index (κ1) is 20.3. The predicted molar refractivity (Wildman–Crippen MR) is 114 cm³/mol. The van der Waals surface area contributed by atoms with Gasteiger partial charge in [0.1, 0.15) is 11.6 Å². The van der Waals surface area contributed by atoms with Crippen molar-refractivity contribution in [1.29, 1.82) is 0 Å². The molecule has 1 fully saturated rings. The van der Waals surface area contributed by atoms with E-state index in [0.29, 0.717) is 13.1 Å². The second-order valence-electron chi connectivity index (χ2n) is 8.11. The first-order valence-corrected chi connectivity index (χ1v) is 11.6. The quantitative estimate of drug-likeness (QED) is 0.750. The van der Waals surface area contributed by atoms with Crippen molar-refractivity contribution < 1.29 is 8.42 Å². The number of nitrogens with zero attached hydrogens (tertiary/aromatic N) is 5. The molecule has 2 aliphatic heterocycles. The smallest absolute Gasteiger partial charge is 0.281 e. The molecule has 0 aliphatic carbocycles. The second-order valence-corrected chi connectivity index (χ2v) is 10.3. The lowest BCUT2D eigenvalue weighted by Crippen LogP contribution is -2.38. The van der Waals surface area contributed by atoms with Gasteiger partial charge in [-0.05, 0) is 31.7 Å². The van der Waals surface area contributed by atoms with Gasteiger partial charge in [-0.3, -0.25) is 0 Å². The maximum atomic E-state index is 12.5. The monoisotopic (exact) mass is 415 g/mol. The van der Waals surface area contributed by atoms with Crippen molar-refractivity contribution >= 4 is 16.0 Å². The molecular formula is C21H29N5O2S. The van der Waals surface area contributed by atoms with E-state index < -0.39 is 10.2 Å². The van der Waals surface area contributed by atoms with E-state index in [-0.39, 0.29) is 5.92 Å². The average molecular weight is 416 g/mol. The van der Waals surface area contributed by atoms with Gasteiger partial charge in [0.05, 0.1) is 0 Å². The van der Waals surface area contributed by atoms with Crippen LogP contribution in [0.2, 0.25) is 0 Å². The van der Waals surface area contributed by atoms with E-state index in [1.165, 1.54) is 19.7 Å². The highest BCUT2D eigenvalue weighted by atomic mass is 32.2. The third kappa shape index (κ3) is 4.01. The molecular weight excluding hydrogens is 386 g/mol. The van der Waals surface area contributed by atoms with E-state index >= 15 is 0 Å². The van der Waals surface area contributed by atoms with Crippen molar-refractivity contribution in [2.45, 2.75) is 38.6 Å². The van der Waals surface area contributed by atoms with Crippen LogP contribution in [0.15, 0.2) is 30.3 Å². The van der Waals surface area contributed by atoms with Gasteiger partial charge in [-0.2, -0.15) is 17.0 Å². The van der Waals surface area contributed by atoms with E-state index in [1.807, 2.05) is 6.07 Å². The van der Waals surface area contributed by atoms with Crippen molar-refractivity contribution in [3.8, 4) is 0 Å². The van der Waals surface area contributed by atoms with E-state index in [1.54, 1.807) is 14.1 Å². The topological polar surface area (TPSA) is 69.6 Å². The molecule has 3 heterocycles. The van der Waals surface area contributed by atoms with Gasteiger partial charge >= 0.3 is 0 Å². The van der Waals surface area contributed by atoms with Crippen LogP contribution in [0.25, 0.3) is 0 Å². The normalized spacial score (nSPS) is 20.3. The van der Waals surface area contributed by atoms with Crippen LogP contribution >= 0.6 is 0 Å². The Balaban J connectivity index is 1.61. The maximum Gasteiger partial charge on any atom is 0.281 e. The lowest BCUT2D eigenvalue weighted by molar-refractivity contribution is 0.418. The minimum atomic E-state index is -3.40. The van der Waals surface area contributed by atoms with Crippen LogP contribution in [0.4, 0.5) is 5.82 Å². The van der Waals surface area contributed by atoms with Crippen LogP contribution in [-0.4, -0.2) is 60.7 Å². The van der Waals surface area contributed by atoms with E-state index in [9.17, 15) is 8.42 Å². The Bertz CT molecular complexity index is 978. The molecule has 8 heteroatoms. The molecule has 1 saturated heterocycles. The summed E-state index contributed by atoms with van der Waals surface area (Å²) in [6, 6.07) is 10.4. The van der Waals surface area contributed by atoms with E-state index in [0.717, 1.165) is 49.7 Å². The van der Waals surface area contributed by atoms with E-state index in [4.69, 9.17) is 9.97 Å². The largest absolute Gasteiger partial charge is 0.352 e. The first-order chi connectivity index (χ1) is 13.9.